The van der Waals surface area contributed by atoms with Crippen molar-refractivity contribution in [1.29, 1.82) is 0 Å². The summed E-state index contributed by atoms with van der Waals surface area (Å²) in [6.45, 7) is 0. The van der Waals surface area contributed by atoms with Crippen molar-refractivity contribution < 1.29 is 9.53 Å². The second kappa shape index (κ2) is 7.48. The maximum absolute atomic E-state index is 12.0. The number of nitrogens with zero attached hydrogens (tertiary/aromatic N) is 3. The third-order valence-electron chi connectivity index (χ3n) is 5.49. The lowest BCUT2D eigenvalue weighted by atomic mass is 9.95. The Morgan fingerprint density at radius 3 is 2.79 bits per heavy atom. The predicted molar refractivity (Wildman–Crippen MR) is 116 cm³/mol. The molecule has 5 rings (SSSR count). The second-order valence-corrected chi connectivity index (χ2v) is 8.44. The molecule has 1 saturated carbocycles. The van der Waals surface area contributed by atoms with Crippen molar-refractivity contribution in [3.63, 3.8) is 0 Å². The summed E-state index contributed by atoms with van der Waals surface area (Å²) in [5, 5.41) is 4.61. The Balaban J connectivity index is 1.65. The molecule has 148 valence electrons. The van der Waals surface area contributed by atoms with Crippen molar-refractivity contribution in [3.05, 3.63) is 48.2 Å². The largest absolute Gasteiger partial charge is 0.465 e. The number of hydrogen-bond donors (Lipinski definition) is 1. The van der Waals surface area contributed by atoms with Gasteiger partial charge in [0.05, 0.1) is 22.9 Å². The van der Waals surface area contributed by atoms with Crippen LogP contribution < -0.4 is 5.32 Å². The van der Waals surface area contributed by atoms with Crippen molar-refractivity contribution in [3.8, 4) is 10.7 Å². The van der Waals surface area contributed by atoms with Crippen LogP contribution in [0.1, 0.15) is 42.5 Å². The second-order valence-electron chi connectivity index (χ2n) is 7.41. The molecule has 0 amide bonds. The number of pyridine rings is 1. The number of para-hydroxylation sites is 1. The van der Waals surface area contributed by atoms with Crippen LogP contribution in [0.4, 0.5) is 5.82 Å². The van der Waals surface area contributed by atoms with Crippen molar-refractivity contribution in [1.82, 2.24) is 14.4 Å². The molecule has 29 heavy (non-hydrogen) atoms. The number of anilines is 1. The fraction of sp³-hybridized carbons (Fsp3) is 0.318. The van der Waals surface area contributed by atoms with Crippen LogP contribution in [-0.2, 0) is 4.74 Å². The molecular formula is C22H22N4O2S. The summed E-state index contributed by atoms with van der Waals surface area (Å²) in [5.74, 6) is 0.584. The summed E-state index contributed by atoms with van der Waals surface area (Å²) < 4.78 is 8.02. The lowest BCUT2D eigenvalue weighted by Gasteiger charge is -2.24. The molecule has 4 aromatic rings. The number of hydrogen-bond acceptors (Lipinski definition) is 6. The topological polar surface area (TPSA) is 68.5 Å². The van der Waals surface area contributed by atoms with Gasteiger partial charge in [-0.3, -0.25) is 4.40 Å². The van der Waals surface area contributed by atoms with Gasteiger partial charge in [-0.05, 0) is 37.1 Å². The van der Waals surface area contributed by atoms with Crippen LogP contribution in [0.2, 0.25) is 0 Å². The number of carbonyl (C=O) groups excluding carboxylic acids is 1. The molecule has 1 aromatic carbocycles. The lowest BCUT2D eigenvalue weighted by molar-refractivity contribution is 0.0600. The Morgan fingerprint density at radius 1 is 1.17 bits per heavy atom. The molecule has 0 saturated heterocycles. The highest BCUT2D eigenvalue weighted by atomic mass is 32.1. The third-order valence-corrected chi connectivity index (χ3v) is 6.53. The van der Waals surface area contributed by atoms with E-state index in [1.54, 1.807) is 23.5 Å². The summed E-state index contributed by atoms with van der Waals surface area (Å²) in [7, 11) is 1.39. The Hall–Kier alpha value is -2.93. The van der Waals surface area contributed by atoms with Gasteiger partial charge in [0.2, 0.25) is 0 Å². The molecule has 1 aliphatic carbocycles. The van der Waals surface area contributed by atoms with Gasteiger partial charge in [-0.15, -0.1) is 11.3 Å². The Kier molecular flexibility index (Phi) is 4.67. The number of carbonyl (C=O) groups is 1. The maximum atomic E-state index is 12.0. The van der Waals surface area contributed by atoms with E-state index in [-0.39, 0.29) is 5.97 Å². The van der Waals surface area contributed by atoms with Gasteiger partial charge in [-0.1, -0.05) is 31.4 Å². The molecule has 0 radical (unpaired) electrons. The molecule has 0 aliphatic heterocycles. The number of rotatable bonds is 4. The van der Waals surface area contributed by atoms with Gasteiger partial charge in [0.15, 0.2) is 0 Å². The monoisotopic (exact) mass is 406 g/mol. The molecule has 3 aromatic heterocycles. The number of nitrogens with one attached hydrogen (secondary N) is 1. The lowest BCUT2D eigenvalue weighted by Crippen LogP contribution is -2.23. The molecular weight excluding hydrogens is 384 g/mol. The van der Waals surface area contributed by atoms with Gasteiger partial charge in [0, 0.05) is 12.2 Å². The first-order valence-corrected chi connectivity index (χ1v) is 10.8. The van der Waals surface area contributed by atoms with Crippen LogP contribution >= 0.6 is 11.3 Å². The number of fused-ring (bicyclic) bond motifs is 2. The molecule has 1 fully saturated rings. The fourth-order valence-electron chi connectivity index (χ4n) is 3.99. The summed E-state index contributed by atoms with van der Waals surface area (Å²) in [6.07, 6.45) is 8.00. The van der Waals surface area contributed by atoms with Crippen LogP contribution in [0, 0.1) is 0 Å². The normalized spacial score (nSPS) is 15.1. The van der Waals surface area contributed by atoms with Gasteiger partial charge in [0.25, 0.3) is 0 Å². The van der Waals surface area contributed by atoms with E-state index in [0.29, 0.717) is 17.3 Å². The summed E-state index contributed by atoms with van der Waals surface area (Å²) in [5.41, 5.74) is 3.01. The van der Waals surface area contributed by atoms with E-state index in [1.165, 1.54) is 26.4 Å². The zero-order valence-corrected chi connectivity index (χ0v) is 17.0. The number of aromatic nitrogens is 3. The minimum atomic E-state index is -0.362. The molecule has 0 unspecified atom stereocenters. The molecule has 6 nitrogen and oxygen atoms in total. The molecule has 0 atom stereocenters. The number of ether oxygens (including phenoxy) is 1. The van der Waals surface area contributed by atoms with Crippen LogP contribution in [-0.4, -0.2) is 33.5 Å². The average molecular weight is 407 g/mol. The van der Waals surface area contributed by atoms with E-state index in [1.807, 2.05) is 28.8 Å². The fourth-order valence-corrected chi connectivity index (χ4v) is 4.95. The van der Waals surface area contributed by atoms with Crippen molar-refractivity contribution >= 4 is 39.0 Å². The highest BCUT2D eigenvalue weighted by molar-refractivity contribution is 7.21. The quantitative estimate of drug-likeness (QED) is 0.475. The highest BCUT2D eigenvalue weighted by Crippen LogP contribution is 2.36. The van der Waals surface area contributed by atoms with Crippen LogP contribution in [0.5, 0.6) is 0 Å². The number of benzene rings is 1. The first-order chi connectivity index (χ1) is 14.2. The molecule has 1 aliphatic rings. The molecule has 1 N–H and O–H groups in total. The van der Waals surface area contributed by atoms with Crippen molar-refractivity contribution in [2.24, 2.45) is 0 Å². The van der Waals surface area contributed by atoms with E-state index in [4.69, 9.17) is 14.7 Å². The zero-order chi connectivity index (χ0) is 19.8. The Morgan fingerprint density at radius 2 is 2.00 bits per heavy atom. The van der Waals surface area contributed by atoms with E-state index in [0.717, 1.165) is 39.6 Å². The van der Waals surface area contributed by atoms with E-state index < -0.39 is 0 Å². The van der Waals surface area contributed by atoms with Gasteiger partial charge < -0.3 is 10.1 Å². The van der Waals surface area contributed by atoms with Crippen molar-refractivity contribution in [2.45, 2.75) is 38.1 Å². The Bertz CT molecular complexity index is 1160. The average Bonchev–Trinajstić information content (AvgIpc) is 3.35. The van der Waals surface area contributed by atoms with E-state index >= 15 is 0 Å². The zero-order valence-electron chi connectivity index (χ0n) is 16.2. The van der Waals surface area contributed by atoms with Crippen LogP contribution in [0.15, 0.2) is 42.6 Å². The number of imidazole rings is 1. The third kappa shape index (κ3) is 3.35. The summed E-state index contributed by atoms with van der Waals surface area (Å²) in [4.78, 5) is 21.6. The number of thiazole rings is 1. The van der Waals surface area contributed by atoms with E-state index in [9.17, 15) is 4.79 Å². The van der Waals surface area contributed by atoms with Crippen molar-refractivity contribution in [2.75, 3.05) is 12.4 Å². The predicted octanol–water partition coefficient (Wildman–Crippen LogP) is 5.14. The molecule has 3 heterocycles. The minimum Gasteiger partial charge on any atom is -0.465 e. The van der Waals surface area contributed by atoms with Crippen LogP contribution in [0.25, 0.3) is 26.6 Å². The van der Waals surface area contributed by atoms with Gasteiger partial charge in [-0.2, -0.15) is 0 Å². The van der Waals surface area contributed by atoms with Gasteiger partial charge >= 0.3 is 5.97 Å². The number of methoxy groups -OCH3 is 1. The summed E-state index contributed by atoms with van der Waals surface area (Å²) in [6, 6.07) is 12.1. The van der Waals surface area contributed by atoms with Crippen LogP contribution in [0.3, 0.4) is 0 Å². The van der Waals surface area contributed by atoms with Gasteiger partial charge in [0.1, 0.15) is 22.2 Å². The smallest absolute Gasteiger partial charge is 0.338 e. The number of esters is 1. The van der Waals surface area contributed by atoms with Gasteiger partial charge in [-0.25, -0.2) is 14.8 Å². The standard InChI is InChI=1S/C22H22N4O2S/c1-28-22(27)14-11-12-26-18(13-14)25-19(20(26)23-15-7-3-2-4-8-15)21-24-16-9-5-6-10-17(16)29-21/h5-6,9-13,15,23H,2-4,7-8H2,1H3. The summed E-state index contributed by atoms with van der Waals surface area (Å²) >= 11 is 1.64. The SMILES string of the molecule is COC(=O)c1ccn2c(NC3CCCCC3)c(-c3nc4ccccc4s3)nc2c1. The first-order valence-electron chi connectivity index (χ1n) is 9.96. The van der Waals surface area contributed by atoms with E-state index in [2.05, 4.69) is 11.4 Å². The molecule has 0 spiro atoms. The Labute approximate surface area is 172 Å². The molecule has 0 bridgehead atoms. The maximum Gasteiger partial charge on any atom is 0.338 e. The minimum absolute atomic E-state index is 0.362. The first kappa shape index (κ1) is 18.1. The highest BCUT2D eigenvalue weighted by Gasteiger charge is 2.22. The molecule has 7 heteroatoms.